The van der Waals surface area contributed by atoms with Crippen LogP contribution in [0.25, 0.3) is 0 Å². The highest BCUT2D eigenvalue weighted by molar-refractivity contribution is 5.97. The predicted octanol–water partition coefficient (Wildman–Crippen LogP) is 1.16. The normalized spacial score (nSPS) is 9.62. The maximum Gasteiger partial charge on any atom is 0.251 e. The van der Waals surface area contributed by atoms with Gasteiger partial charge in [-0.05, 0) is 31.5 Å². The highest BCUT2D eigenvalue weighted by Crippen LogP contribution is 2.10. The Morgan fingerprint density at radius 2 is 2.10 bits per heavy atom. The summed E-state index contributed by atoms with van der Waals surface area (Å²) in [7, 11) is 0. The maximum atomic E-state index is 11.9. The number of benzene rings is 1. The third-order valence-corrected chi connectivity index (χ3v) is 2.55. The number of amides is 2. The van der Waals surface area contributed by atoms with E-state index in [-0.39, 0.29) is 30.8 Å². The van der Waals surface area contributed by atoms with Crippen LogP contribution in [0.1, 0.15) is 23.7 Å². The molecule has 0 radical (unpaired) electrons. The summed E-state index contributed by atoms with van der Waals surface area (Å²) < 4.78 is 5.19. The fourth-order valence-electron chi connectivity index (χ4n) is 1.57. The largest absolute Gasteiger partial charge is 0.382 e. The van der Waals surface area contributed by atoms with Crippen molar-refractivity contribution in [2.24, 2.45) is 5.73 Å². The van der Waals surface area contributed by atoms with Gasteiger partial charge < -0.3 is 21.1 Å². The van der Waals surface area contributed by atoms with Gasteiger partial charge in [0.1, 0.15) is 0 Å². The number of nitrogens with two attached hydrogens (primary N) is 1. The van der Waals surface area contributed by atoms with Crippen LogP contribution < -0.4 is 16.4 Å². The molecule has 1 aromatic rings. The van der Waals surface area contributed by atoms with Crippen molar-refractivity contribution in [1.29, 1.82) is 0 Å². The predicted molar refractivity (Wildman–Crippen MR) is 84.8 cm³/mol. The molecule has 0 aliphatic heterocycles. The average molecular weight is 316 g/mol. The van der Waals surface area contributed by atoms with E-state index in [2.05, 4.69) is 10.6 Å². The Hall–Kier alpha value is -1.63. The molecule has 0 unspecified atom stereocenters. The molecule has 0 bridgehead atoms. The van der Waals surface area contributed by atoms with Crippen molar-refractivity contribution in [2.45, 2.75) is 13.3 Å². The molecule has 21 heavy (non-hydrogen) atoms. The van der Waals surface area contributed by atoms with Crippen LogP contribution >= 0.6 is 12.4 Å². The van der Waals surface area contributed by atoms with Crippen LogP contribution in [-0.4, -0.2) is 38.1 Å². The van der Waals surface area contributed by atoms with E-state index in [9.17, 15) is 9.59 Å². The molecule has 0 aliphatic carbocycles. The molecular formula is C14H22ClN3O3. The van der Waals surface area contributed by atoms with Gasteiger partial charge in [-0.3, -0.25) is 9.59 Å². The zero-order valence-electron chi connectivity index (χ0n) is 12.1. The number of carbonyl (C=O) groups is 2. The van der Waals surface area contributed by atoms with E-state index < -0.39 is 0 Å². The molecule has 4 N–H and O–H groups in total. The fraction of sp³-hybridized carbons (Fsp3) is 0.429. The number of carbonyl (C=O) groups excluding carboxylic acids is 2. The SMILES string of the molecule is CCOCCCNC(=O)c1cccc(NC(=O)CN)c1.Cl. The van der Waals surface area contributed by atoms with Crippen LogP contribution in [0.5, 0.6) is 0 Å². The van der Waals surface area contributed by atoms with Crippen LogP contribution in [0.2, 0.25) is 0 Å². The van der Waals surface area contributed by atoms with E-state index in [1.807, 2.05) is 6.92 Å². The van der Waals surface area contributed by atoms with Gasteiger partial charge in [0.05, 0.1) is 6.54 Å². The zero-order valence-corrected chi connectivity index (χ0v) is 12.9. The lowest BCUT2D eigenvalue weighted by molar-refractivity contribution is -0.114. The highest BCUT2D eigenvalue weighted by atomic mass is 35.5. The first-order valence-corrected chi connectivity index (χ1v) is 6.63. The molecule has 0 saturated heterocycles. The third-order valence-electron chi connectivity index (χ3n) is 2.55. The van der Waals surface area contributed by atoms with Crippen LogP contribution in [-0.2, 0) is 9.53 Å². The molecule has 2 amide bonds. The van der Waals surface area contributed by atoms with Crippen molar-refractivity contribution in [3.63, 3.8) is 0 Å². The maximum absolute atomic E-state index is 11.9. The topological polar surface area (TPSA) is 93.5 Å². The number of anilines is 1. The van der Waals surface area contributed by atoms with Crippen molar-refractivity contribution in [3.8, 4) is 0 Å². The lowest BCUT2D eigenvalue weighted by Gasteiger charge is -2.08. The second kappa shape index (κ2) is 11.1. The monoisotopic (exact) mass is 315 g/mol. The summed E-state index contributed by atoms with van der Waals surface area (Å²) in [6, 6.07) is 6.72. The molecule has 1 aromatic carbocycles. The molecule has 0 aliphatic rings. The standard InChI is InChI=1S/C14H21N3O3.ClH/c1-2-20-8-4-7-16-14(19)11-5-3-6-12(9-11)17-13(18)10-15;/h3,5-6,9H,2,4,7-8,10,15H2,1H3,(H,16,19)(H,17,18);1H. The minimum absolute atomic E-state index is 0. The molecule has 0 fully saturated rings. The minimum Gasteiger partial charge on any atom is -0.382 e. The smallest absolute Gasteiger partial charge is 0.251 e. The molecule has 1 rings (SSSR count). The van der Waals surface area contributed by atoms with Crippen LogP contribution in [0.3, 0.4) is 0 Å². The number of rotatable bonds is 8. The summed E-state index contributed by atoms with van der Waals surface area (Å²) in [6.07, 6.45) is 0.767. The van der Waals surface area contributed by atoms with E-state index in [1.165, 1.54) is 0 Å². The molecule has 0 atom stereocenters. The van der Waals surface area contributed by atoms with Crippen molar-refractivity contribution < 1.29 is 14.3 Å². The minimum atomic E-state index is -0.292. The number of hydrogen-bond acceptors (Lipinski definition) is 4. The fourth-order valence-corrected chi connectivity index (χ4v) is 1.57. The summed E-state index contributed by atoms with van der Waals surface area (Å²) in [4.78, 5) is 23.1. The summed E-state index contributed by atoms with van der Waals surface area (Å²) >= 11 is 0. The Labute approximate surface area is 130 Å². The highest BCUT2D eigenvalue weighted by Gasteiger charge is 2.06. The van der Waals surface area contributed by atoms with Crippen LogP contribution in [0.4, 0.5) is 5.69 Å². The first kappa shape index (κ1) is 19.4. The molecule has 7 heteroatoms. The van der Waals surface area contributed by atoms with E-state index in [1.54, 1.807) is 24.3 Å². The Kier molecular flexibility index (Phi) is 10.2. The Bertz CT molecular complexity index is 455. The van der Waals surface area contributed by atoms with Crippen molar-refractivity contribution in [2.75, 3.05) is 31.6 Å². The first-order valence-electron chi connectivity index (χ1n) is 6.63. The van der Waals surface area contributed by atoms with Gasteiger partial charge in [-0.25, -0.2) is 0 Å². The number of hydrogen-bond donors (Lipinski definition) is 3. The molecule has 0 heterocycles. The lowest BCUT2D eigenvalue weighted by Crippen LogP contribution is -2.26. The molecular weight excluding hydrogens is 294 g/mol. The molecule has 0 aromatic heterocycles. The molecule has 0 spiro atoms. The Morgan fingerprint density at radius 1 is 1.33 bits per heavy atom. The quantitative estimate of drug-likeness (QED) is 0.628. The molecule has 118 valence electrons. The number of ether oxygens (including phenoxy) is 1. The number of halogens is 1. The van der Waals surface area contributed by atoms with E-state index in [0.29, 0.717) is 31.0 Å². The van der Waals surface area contributed by atoms with Crippen molar-refractivity contribution in [3.05, 3.63) is 29.8 Å². The Balaban J connectivity index is 0.00000400. The molecule has 0 saturated carbocycles. The van der Waals surface area contributed by atoms with Gasteiger partial charge in [0.2, 0.25) is 5.91 Å². The first-order chi connectivity index (χ1) is 9.67. The van der Waals surface area contributed by atoms with Crippen LogP contribution in [0.15, 0.2) is 24.3 Å². The summed E-state index contributed by atoms with van der Waals surface area (Å²) in [5.74, 6) is -0.468. The second-order valence-electron chi connectivity index (χ2n) is 4.14. The summed E-state index contributed by atoms with van der Waals surface area (Å²) in [5, 5.41) is 5.40. The van der Waals surface area contributed by atoms with E-state index in [0.717, 1.165) is 6.42 Å². The third kappa shape index (κ3) is 7.65. The van der Waals surface area contributed by atoms with Gasteiger partial charge in [0.25, 0.3) is 5.91 Å². The van der Waals surface area contributed by atoms with E-state index >= 15 is 0 Å². The van der Waals surface area contributed by atoms with Crippen molar-refractivity contribution >= 4 is 29.9 Å². The van der Waals surface area contributed by atoms with Gasteiger partial charge in [-0.2, -0.15) is 0 Å². The number of nitrogens with one attached hydrogen (secondary N) is 2. The summed E-state index contributed by atoms with van der Waals surface area (Å²) in [6.45, 7) is 3.70. The van der Waals surface area contributed by atoms with E-state index in [4.69, 9.17) is 10.5 Å². The van der Waals surface area contributed by atoms with Gasteiger partial charge in [-0.15, -0.1) is 12.4 Å². The van der Waals surface area contributed by atoms with Crippen LogP contribution in [0, 0.1) is 0 Å². The van der Waals surface area contributed by atoms with Gasteiger partial charge in [-0.1, -0.05) is 6.07 Å². The Morgan fingerprint density at radius 3 is 2.76 bits per heavy atom. The molecule has 6 nitrogen and oxygen atoms in total. The zero-order chi connectivity index (χ0) is 14.8. The van der Waals surface area contributed by atoms with Gasteiger partial charge >= 0.3 is 0 Å². The second-order valence-corrected chi connectivity index (χ2v) is 4.14. The van der Waals surface area contributed by atoms with Crippen molar-refractivity contribution in [1.82, 2.24) is 5.32 Å². The lowest BCUT2D eigenvalue weighted by atomic mass is 10.2. The van der Waals surface area contributed by atoms with Gasteiger partial charge in [0.15, 0.2) is 0 Å². The summed E-state index contributed by atoms with van der Waals surface area (Å²) in [5.41, 5.74) is 6.27. The van der Waals surface area contributed by atoms with Gasteiger partial charge in [0, 0.05) is 31.0 Å². The average Bonchev–Trinajstić information content (AvgIpc) is 2.47.